The van der Waals surface area contributed by atoms with Crippen molar-refractivity contribution >= 4 is 23.6 Å². The molecule has 2 saturated carbocycles. The minimum atomic E-state index is -0.536. The molecule has 1 amide bonds. The van der Waals surface area contributed by atoms with E-state index in [9.17, 15) is 9.59 Å². The number of ether oxygens (including phenoxy) is 1. The lowest BCUT2D eigenvalue weighted by Crippen LogP contribution is -2.44. The van der Waals surface area contributed by atoms with Crippen molar-refractivity contribution < 1.29 is 14.3 Å². The molecule has 0 aromatic rings. The molecule has 2 rings (SSSR count). The van der Waals surface area contributed by atoms with Crippen LogP contribution in [0.4, 0.5) is 0 Å². The van der Waals surface area contributed by atoms with Gasteiger partial charge in [-0.1, -0.05) is 20.8 Å². The zero-order chi connectivity index (χ0) is 16.5. The summed E-state index contributed by atoms with van der Waals surface area (Å²) in [4.78, 5) is 23.3. The molecule has 0 radical (unpaired) electrons. The van der Waals surface area contributed by atoms with Crippen LogP contribution in [0.3, 0.4) is 0 Å². The minimum absolute atomic E-state index is 0.183. The molecule has 3 unspecified atom stereocenters. The third-order valence-corrected chi connectivity index (χ3v) is 7.15. The largest absolute Gasteiger partial charge is 0.464 e. The van der Waals surface area contributed by atoms with Crippen molar-refractivity contribution in [3.05, 3.63) is 0 Å². The molecule has 2 bridgehead atoms. The van der Waals surface area contributed by atoms with Crippen LogP contribution < -0.4 is 5.32 Å². The highest BCUT2D eigenvalue weighted by molar-refractivity contribution is 8.00. The molecule has 2 fully saturated rings. The number of carbonyl (C=O) groups is 2. The highest BCUT2D eigenvalue weighted by Crippen LogP contribution is 2.63. The van der Waals surface area contributed by atoms with E-state index in [0.717, 1.165) is 11.8 Å². The highest BCUT2D eigenvalue weighted by atomic mass is 32.2. The van der Waals surface area contributed by atoms with Gasteiger partial charge in [0.05, 0.1) is 6.61 Å². The normalized spacial score (nSPS) is 33.5. The minimum Gasteiger partial charge on any atom is -0.464 e. The molecule has 2 aliphatic rings. The Morgan fingerprint density at radius 2 is 1.95 bits per heavy atom. The van der Waals surface area contributed by atoms with Crippen LogP contribution in [0.25, 0.3) is 0 Å². The number of hydrogen-bond acceptors (Lipinski definition) is 4. The average Bonchev–Trinajstić information content (AvgIpc) is 2.87. The SMILES string of the molecule is CCOC(=O)[C@H](CSC1(C)CC2CC1CC2(C)C)NC(C)=O. The van der Waals surface area contributed by atoms with E-state index in [1.807, 2.05) is 11.8 Å². The number of fused-ring (bicyclic) bond motifs is 2. The summed E-state index contributed by atoms with van der Waals surface area (Å²) in [5, 5.41) is 2.73. The molecule has 5 heteroatoms. The molecule has 0 heterocycles. The second kappa shape index (κ2) is 6.42. The fourth-order valence-corrected chi connectivity index (χ4v) is 5.64. The van der Waals surface area contributed by atoms with E-state index in [1.54, 1.807) is 6.92 Å². The van der Waals surface area contributed by atoms with Crippen LogP contribution in [0.5, 0.6) is 0 Å². The smallest absolute Gasteiger partial charge is 0.329 e. The van der Waals surface area contributed by atoms with Crippen molar-refractivity contribution in [2.75, 3.05) is 12.4 Å². The maximum Gasteiger partial charge on any atom is 0.329 e. The quantitative estimate of drug-likeness (QED) is 0.762. The Balaban J connectivity index is 1.95. The molecule has 22 heavy (non-hydrogen) atoms. The monoisotopic (exact) mass is 327 g/mol. The number of hydrogen-bond donors (Lipinski definition) is 1. The zero-order valence-electron chi connectivity index (χ0n) is 14.4. The van der Waals surface area contributed by atoms with Crippen molar-refractivity contribution in [1.29, 1.82) is 0 Å². The van der Waals surface area contributed by atoms with Gasteiger partial charge in [0.1, 0.15) is 6.04 Å². The molecular weight excluding hydrogens is 298 g/mol. The van der Waals surface area contributed by atoms with Gasteiger partial charge in [-0.15, -0.1) is 0 Å². The van der Waals surface area contributed by atoms with Crippen LogP contribution in [0.1, 0.15) is 53.9 Å². The predicted octanol–water partition coefficient (Wildman–Crippen LogP) is 3.00. The van der Waals surface area contributed by atoms with Crippen molar-refractivity contribution in [1.82, 2.24) is 5.32 Å². The van der Waals surface area contributed by atoms with Crippen LogP contribution in [0, 0.1) is 17.3 Å². The number of rotatable bonds is 6. The second-order valence-electron chi connectivity index (χ2n) is 7.66. The molecule has 4 atom stereocenters. The molecule has 0 aromatic carbocycles. The van der Waals surface area contributed by atoms with E-state index in [-0.39, 0.29) is 16.6 Å². The van der Waals surface area contributed by atoms with Crippen molar-refractivity contribution in [2.24, 2.45) is 17.3 Å². The first-order chi connectivity index (χ1) is 10.2. The van der Waals surface area contributed by atoms with Crippen molar-refractivity contribution in [2.45, 2.75) is 64.7 Å². The Hall–Kier alpha value is -0.710. The van der Waals surface area contributed by atoms with E-state index in [4.69, 9.17) is 4.74 Å². The van der Waals surface area contributed by atoms with Gasteiger partial charge in [-0.3, -0.25) is 4.79 Å². The first-order valence-corrected chi connectivity index (χ1v) is 9.24. The summed E-state index contributed by atoms with van der Waals surface area (Å²) in [6.45, 7) is 10.7. The molecular formula is C17H29NO3S. The lowest BCUT2D eigenvalue weighted by atomic mass is 9.73. The molecule has 0 saturated heterocycles. The fraction of sp³-hybridized carbons (Fsp3) is 0.882. The van der Waals surface area contributed by atoms with Gasteiger partial charge < -0.3 is 10.1 Å². The van der Waals surface area contributed by atoms with Crippen molar-refractivity contribution in [3.8, 4) is 0 Å². The second-order valence-corrected chi connectivity index (χ2v) is 9.21. The van der Waals surface area contributed by atoms with E-state index >= 15 is 0 Å². The Morgan fingerprint density at radius 3 is 2.41 bits per heavy atom. The van der Waals surface area contributed by atoms with Crippen molar-refractivity contribution in [3.63, 3.8) is 0 Å². The predicted molar refractivity (Wildman–Crippen MR) is 89.7 cm³/mol. The third kappa shape index (κ3) is 3.61. The van der Waals surface area contributed by atoms with E-state index in [1.165, 1.54) is 26.2 Å². The molecule has 4 nitrogen and oxygen atoms in total. The maximum atomic E-state index is 12.0. The van der Waals surface area contributed by atoms with E-state index < -0.39 is 6.04 Å². The Bertz CT molecular complexity index is 451. The van der Waals surface area contributed by atoms with Gasteiger partial charge in [0.25, 0.3) is 0 Å². The average molecular weight is 327 g/mol. The van der Waals surface area contributed by atoms with Gasteiger partial charge in [0.15, 0.2) is 0 Å². The number of amides is 1. The van der Waals surface area contributed by atoms with Crippen LogP contribution in [-0.4, -0.2) is 35.0 Å². The van der Waals surface area contributed by atoms with Gasteiger partial charge in [0.2, 0.25) is 5.91 Å². The van der Waals surface area contributed by atoms with E-state index in [2.05, 4.69) is 26.1 Å². The summed E-state index contributed by atoms with van der Waals surface area (Å²) >= 11 is 1.84. The Labute approximate surface area is 138 Å². The van der Waals surface area contributed by atoms with Crippen LogP contribution in [-0.2, 0) is 14.3 Å². The Morgan fingerprint density at radius 1 is 1.27 bits per heavy atom. The van der Waals surface area contributed by atoms with Crippen LogP contribution >= 0.6 is 11.8 Å². The summed E-state index contributed by atoms with van der Waals surface area (Å²) in [5.74, 6) is 1.60. The number of carbonyl (C=O) groups excluding carboxylic acids is 2. The highest BCUT2D eigenvalue weighted by Gasteiger charge is 2.56. The third-order valence-electron chi connectivity index (χ3n) is 5.49. The zero-order valence-corrected chi connectivity index (χ0v) is 15.2. The lowest BCUT2D eigenvalue weighted by Gasteiger charge is -2.41. The summed E-state index contributed by atoms with van der Waals surface area (Å²) in [7, 11) is 0. The molecule has 0 aromatic heterocycles. The fourth-order valence-electron chi connectivity index (χ4n) is 4.14. The first kappa shape index (κ1) is 17.6. The number of nitrogens with one attached hydrogen (secondary N) is 1. The summed E-state index contributed by atoms with van der Waals surface area (Å²) in [5.41, 5.74) is 0.461. The topological polar surface area (TPSA) is 55.4 Å². The molecule has 126 valence electrons. The molecule has 0 aliphatic heterocycles. The standard InChI is InChI=1S/C17H29NO3S/c1-6-21-15(20)14(18-11(2)19)10-22-17(5)9-12-7-13(17)8-16(12,3)4/h12-14H,6-10H2,1-5H3,(H,18,19)/t12?,13?,14-,17?/m0/s1. The first-order valence-electron chi connectivity index (χ1n) is 8.25. The summed E-state index contributed by atoms with van der Waals surface area (Å²) < 4.78 is 5.31. The Kier molecular flexibility index (Phi) is 5.15. The van der Waals surface area contributed by atoms with E-state index in [0.29, 0.717) is 17.8 Å². The number of thioether (sulfide) groups is 1. The maximum absolute atomic E-state index is 12.0. The molecule has 2 aliphatic carbocycles. The number of esters is 1. The van der Waals surface area contributed by atoms with Gasteiger partial charge in [-0.2, -0.15) is 11.8 Å². The van der Waals surface area contributed by atoms with Gasteiger partial charge >= 0.3 is 5.97 Å². The molecule has 1 N–H and O–H groups in total. The lowest BCUT2D eigenvalue weighted by molar-refractivity contribution is -0.146. The summed E-state index contributed by atoms with van der Waals surface area (Å²) in [6.07, 6.45) is 3.79. The van der Waals surface area contributed by atoms with Gasteiger partial charge in [-0.05, 0) is 43.4 Å². The summed E-state index contributed by atoms with van der Waals surface area (Å²) in [6, 6.07) is -0.536. The van der Waals surface area contributed by atoms with Gasteiger partial charge in [0, 0.05) is 17.4 Å². The molecule has 0 spiro atoms. The van der Waals surface area contributed by atoms with Gasteiger partial charge in [-0.25, -0.2) is 4.79 Å². The van der Waals surface area contributed by atoms with Crippen LogP contribution in [0.2, 0.25) is 0 Å². The van der Waals surface area contributed by atoms with Crippen LogP contribution in [0.15, 0.2) is 0 Å².